The molecular weight excluding hydrogens is 339 g/mol. The fourth-order valence-electron chi connectivity index (χ4n) is 2.47. The Bertz CT molecular complexity index is 243. The van der Waals surface area contributed by atoms with Crippen LogP contribution in [0.1, 0.15) is 19.8 Å². The first kappa shape index (κ1) is 18.0. The van der Waals surface area contributed by atoms with E-state index in [-0.39, 0.29) is 24.0 Å². The SMILES string of the molecule is CCCN1CCC(CN=C(N(C)C)N(C)C)C1.I. The lowest BCUT2D eigenvalue weighted by molar-refractivity contribution is 0.326. The fraction of sp³-hybridized carbons (Fsp3) is 0.923. The second kappa shape index (κ2) is 8.96. The first-order valence-electron chi connectivity index (χ1n) is 6.66. The Balaban J connectivity index is 0.00000289. The molecular formula is C13H29IN4. The van der Waals surface area contributed by atoms with Crippen molar-refractivity contribution in [2.45, 2.75) is 19.8 Å². The van der Waals surface area contributed by atoms with Crippen molar-refractivity contribution in [1.82, 2.24) is 14.7 Å². The average molecular weight is 368 g/mol. The minimum absolute atomic E-state index is 0. The third-order valence-electron chi connectivity index (χ3n) is 3.20. The molecule has 1 unspecified atom stereocenters. The molecule has 0 N–H and O–H groups in total. The molecule has 108 valence electrons. The Morgan fingerprint density at radius 1 is 1.22 bits per heavy atom. The van der Waals surface area contributed by atoms with Gasteiger partial charge in [0.15, 0.2) is 5.96 Å². The van der Waals surface area contributed by atoms with Crippen molar-refractivity contribution in [3.8, 4) is 0 Å². The molecule has 1 atom stereocenters. The molecule has 5 heteroatoms. The van der Waals surface area contributed by atoms with E-state index in [9.17, 15) is 0 Å². The van der Waals surface area contributed by atoms with Gasteiger partial charge in [0, 0.05) is 41.3 Å². The van der Waals surface area contributed by atoms with Crippen LogP contribution in [0.2, 0.25) is 0 Å². The van der Waals surface area contributed by atoms with Gasteiger partial charge in [-0.3, -0.25) is 4.99 Å². The fourth-order valence-corrected chi connectivity index (χ4v) is 2.47. The van der Waals surface area contributed by atoms with E-state index < -0.39 is 0 Å². The molecule has 1 aliphatic heterocycles. The Labute approximate surface area is 129 Å². The third kappa shape index (κ3) is 5.73. The van der Waals surface area contributed by atoms with Gasteiger partial charge >= 0.3 is 0 Å². The summed E-state index contributed by atoms with van der Waals surface area (Å²) in [5.74, 6) is 1.82. The van der Waals surface area contributed by atoms with Gasteiger partial charge in [-0.05, 0) is 31.8 Å². The molecule has 1 heterocycles. The van der Waals surface area contributed by atoms with Crippen LogP contribution >= 0.6 is 24.0 Å². The maximum atomic E-state index is 4.74. The van der Waals surface area contributed by atoms with Crippen molar-refractivity contribution in [2.24, 2.45) is 10.9 Å². The average Bonchev–Trinajstić information content (AvgIpc) is 2.65. The number of aliphatic imine (C=N–C) groups is 1. The molecule has 0 radical (unpaired) electrons. The highest BCUT2D eigenvalue weighted by atomic mass is 127. The highest BCUT2D eigenvalue weighted by Crippen LogP contribution is 2.16. The molecule has 0 aliphatic carbocycles. The van der Waals surface area contributed by atoms with Gasteiger partial charge in [-0.2, -0.15) is 0 Å². The van der Waals surface area contributed by atoms with E-state index in [4.69, 9.17) is 4.99 Å². The zero-order chi connectivity index (χ0) is 12.8. The first-order chi connectivity index (χ1) is 8.04. The number of hydrogen-bond acceptors (Lipinski definition) is 2. The Kier molecular flexibility index (Phi) is 8.94. The summed E-state index contributed by atoms with van der Waals surface area (Å²) >= 11 is 0. The van der Waals surface area contributed by atoms with E-state index in [0.717, 1.165) is 18.4 Å². The van der Waals surface area contributed by atoms with Gasteiger partial charge in [-0.1, -0.05) is 6.92 Å². The van der Waals surface area contributed by atoms with Crippen LogP contribution in [-0.4, -0.2) is 75.0 Å². The second-order valence-corrected chi connectivity index (χ2v) is 5.38. The highest BCUT2D eigenvalue weighted by molar-refractivity contribution is 14.0. The summed E-state index contributed by atoms with van der Waals surface area (Å²) in [6.45, 7) is 6.95. The lowest BCUT2D eigenvalue weighted by Gasteiger charge is -2.23. The minimum Gasteiger partial charge on any atom is -0.349 e. The lowest BCUT2D eigenvalue weighted by Crippen LogP contribution is -2.36. The molecule has 0 aromatic heterocycles. The van der Waals surface area contributed by atoms with E-state index in [1.54, 1.807) is 0 Å². The van der Waals surface area contributed by atoms with Gasteiger partial charge in [0.05, 0.1) is 0 Å². The Morgan fingerprint density at radius 2 is 1.83 bits per heavy atom. The van der Waals surface area contributed by atoms with Gasteiger partial charge in [0.2, 0.25) is 0 Å². The van der Waals surface area contributed by atoms with Gasteiger partial charge in [0.25, 0.3) is 0 Å². The van der Waals surface area contributed by atoms with Crippen molar-refractivity contribution in [2.75, 3.05) is 54.4 Å². The molecule has 4 nitrogen and oxygen atoms in total. The van der Waals surface area contributed by atoms with Gasteiger partial charge in [-0.15, -0.1) is 24.0 Å². The van der Waals surface area contributed by atoms with Crippen LogP contribution in [-0.2, 0) is 0 Å². The van der Waals surface area contributed by atoms with Crippen molar-refractivity contribution in [1.29, 1.82) is 0 Å². The number of nitrogens with zero attached hydrogens (tertiary/aromatic N) is 4. The van der Waals surface area contributed by atoms with Crippen LogP contribution in [0.25, 0.3) is 0 Å². The predicted octanol–water partition coefficient (Wildman–Crippen LogP) is 1.82. The molecule has 1 fully saturated rings. The maximum absolute atomic E-state index is 4.74. The molecule has 1 saturated heterocycles. The quantitative estimate of drug-likeness (QED) is 0.429. The largest absolute Gasteiger partial charge is 0.349 e. The van der Waals surface area contributed by atoms with E-state index in [0.29, 0.717) is 0 Å². The number of rotatable bonds is 4. The van der Waals surface area contributed by atoms with Gasteiger partial charge in [0.1, 0.15) is 0 Å². The van der Waals surface area contributed by atoms with Gasteiger partial charge in [-0.25, -0.2) is 0 Å². The third-order valence-corrected chi connectivity index (χ3v) is 3.20. The second-order valence-electron chi connectivity index (χ2n) is 5.38. The molecule has 0 bridgehead atoms. The van der Waals surface area contributed by atoms with Crippen LogP contribution in [0.5, 0.6) is 0 Å². The van der Waals surface area contributed by atoms with Crippen LogP contribution in [0.4, 0.5) is 0 Å². The highest BCUT2D eigenvalue weighted by Gasteiger charge is 2.21. The number of likely N-dealkylation sites (tertiary alicyclic amines) is 1. The summed E-state index contributed by atoms with van der Waals surface area (Å²) in [5, 5.41) is 0. The van der Waals surface area contributed by atoms with Crippen LogP contribution < -0.4 is 0 Å². The molecule has 1 aliphatic rings. The zero-order valence-electron chi connectivity index (χ0n) is 12.5. The molecule has 18 heavy (non-hydrogen) atoms. The zero-order valence-corrected chi connectivity index (χ0v) is 14.8. The van der Waals surface area contributed by atoms with Crippen molar-refractivity contribution in [3.05, 3.63) is 0 Å². The summed E-state index contributed by atoms with van der Waals surface area (Å²) in [6, 6.07) is 0. The van der Waals surface area contributed by atoms with E-state index >= 15 is 0 Å². The summed E-state index contributed by atoms with van der Waals surface area (Å²) in [6.07, 6.45) is 2.56. The Morgan fingerprint density at radius 3 is 2.33 bits per heavy atom. The molecule has 0 aromatic rings. The summed E-state index contributed by atoms with van der Waals surface area (Å²) in [5.41, 5.74) is 0. The molecule has 0 aromatic carbocycles. The smallest absolute Gasteiger partial charge is 0.195 e. The van der Waals surface area contributed by atoms with Crippen LogP contribution in [0.15, 0.2) is 4.99 Å². The van der Waals surface area contributed by atoms with E-state index in [2.05, 4.69) is 49.8 Å². The monoisotopic (exact) mass is 368 g/mol. The molecule has 0 spiro atoms. The summed E-state index contributed by atoms with van der Waals surface area (Å²) in [4.78, 5) is 11.5. The molecule has 0 saturated carbocycles. The van der Waals surface area contributed by atoms with Crippen LogP contribution in [0, 0.1) is 5.92 Å². The van der Waals surface area contributed by atoms with Crippen molar-refractivity contribution >= 4 is 29.9 Å². The summed E-state index contributed by atoms with van der Waals surface area (Å²) in [7, 11) is 8.21. The van der Waals surface area contributed by atoms with E-state index in [1.807, 2.05) is 0 Å². The predicted molar refractivity (Wildman–Crippen MR) is 89.9 cm³/mol. The first-order valence-corrected chi connectivity index (χ1v) is 6.66. The number of guanidine groups is 1. The van der Waals surface area contributed by atoms with E-state index in [1.165, 1.54) is 32.5 Å². The molecule has 1 rings (SSSR count). The Hall–Kier alpha value is -0.0400. The summed E-state index contributed by atoms with van der Waals surface area (Å²) < 4.78 is 0. The lowest BCUT2D eigenvalue weighted by atomic mass is 10.1. The minimum atomic E-state index is 0. The maximum Gasteiger partial charge on any atom is 0.195 e. The van der Waals surface area contributed by atoms with Crippen LogP contribution in [0.3, 0.4) is 0 Å². The van der Waals surface area contributed by atoms with Crippen molar-refractivity contribution < 1.29 is 0 Å². The number of hydrogen-bond donors (Lipinski definition) is 0. The van der Waals surface area contributed by atoms with Gasteiger partial charge < -0.3 is 14.7 Å². The number of halogens is 1. The van der Waals surface area contributed by atoms with Crippen molar-refractivity contribution in [3.63, 3.8) is 0 Å². The topological polar surface area (TPSA) is 22.1 Å². The molecule has 0 amide bonds. The normalized spacial score (nSPS) is 19.3. The standard InChI is InChI=1S/C13H28N4.HI/c1-6-8-17-9-7-12(11-17)10-14-13(15(2)3)16(4)5;/h12H,6-11H2,1-5H3;1H.